The quantitative estimate of drug-likeness (QED) is 0.412. The third-order valence-electron chi connectivity index (χ3n) is 6.48. The summed E-state index contributed by atoms with van der Waals surface area (Å²) in [7, 11) is 3.09. The SMILES string of the molecule is CNC(=O)COc1cc2cc(Nc3nc(N4CC(C)CC(C(=O)O)C4)c(C#N)cc3Cl)ccc2n(C)c1=O. The van der Waals surface area contributed by atoms with Gasteiger partial charge in [0, 0.05) is 38.3 Å². The Hall–Kier alpha value is -4.30. The summed E-state index contributed by atoms with van der Waals surface area (Å²) >= 11 is 6.46. The van der Waals surface area contributed by atoms with Gasteiger partial charge < -0.3 is 29.9 Å². The first-order valence-electron chi connectivity index (χ1n) is 11.9. The van der Waals surface area contributed by atoms with E-state index in [1.165, 1.54) is 17.7 Å². The average Bonchev–Trinajstić information content (AvgIpc) is 2.90. The fourth-order valence-electron chi connectivity index (χ4n) is 4.58. The number of fused-ring (bicyclic) bond motifs is 1. The molecule has 3 aromatic rings. The second kappa shape index (κ2) is 11.0. The van der Waals surface area contributed by atoms with Gasteiger partial charge in [0.25, 0.3) is 11.5 Å². The van der Waals surface area contributed by atoms with Gasteiger partial charge in [-0.15, -0.1) is 0 Å². The largest absolute Gasteiger partial charge is 0.481 e. The molecule has 0 saturated carbocycles. The van der Waals surface area contributed by atoms with Crippen molar-refractivity contribution in [3.8, 4) is 11.8 Å². The van der Waals surface area contributed by atoms with Crippen molar-refractivity contribution in [3.63, 3.8) is 0 Å². The molecule has 4 rings (SSSR count). The third-order valence-corrected chi connectivity index (χ3v) is 6.76. The van der Waals surface area contributed by atoms with Crippen molar-refractivity contribution < 1.29 is 19.4 Å². The van der Waals surface area contributed by atoms with Gasteiger partial charge in [-0.3, -0.25) is 14.4 Å². The van der Waals surface area contributed by atoms with Crippen LogP contribution in [0.5, 0.6) is 5.75 Å². The molecule has 0 radical (unpaired) electrons. The topological polar surface area (TPSA) is 150 Å². The molecule has 2 atom stereocenters. The van der Waals surface area contributed by atoms with Crippen LogP contribution in [0.15, 0.2) is 35.1 Å². The summed E-state index contributed by atoms with van der Waals surface area (Å²) in [4.78, 5) is 42.3. The Labute approximate surface area is 223 Å². The molecule has 3 heterocycles. The van der Waals surface area contributed by atoms with E-state index in [0.29, 0.717) is 41.2 Å². The molecule has 1 aliphatic heterocycles. The minimum atomic E-state index is -0.878. The number of carboxylic acid groups (broad SMARTS) is 1. The van der Waals surface area contributed by atoms with Crippen LogP contribution in [0.25, 0.3) is 10.9 Å². The highest BCUT2D eigenvalue weighted by atomic mass is 35.5. The van der Waals surface area contributed by atoms with Crippen molar-refractivity contribution in [2.45, 2.75) is 13.3 Å². The van der Waals surface area contributed by atoms with Crippen LogP contribution in [0.1, 0.15) is 18.9 Å². The summed E-state index contributed by atoms with van der Waals surface area (Å²) in [5.74, 6) is -1.00. The molecule has 1 aliphatic rings. The molecule has 12 heteroatoms. The number of benzene rings is 1. The number of likely N-dealkylation sites (N-methyl/N-ethyl adjacent to an activating group) is 1. The Morgan fingerprint density at radius 2 is 2.05 bits per heavy atom. The fourth-order valence-corrected chi connectivity index (χ4v) is 4.78. The molecule has 1 amide bonds. The molecule has 0 aliphatic carbocycles. The Morgan fingerprint density at radius 1 is 1.29 bits per heavy atom. The molecule has 0 spiro atoms. The van der Waals surface area contributed by atoms with Gasteiger partial charge in [-0.25, -0.2) is 4.98 Å². The molecular weight excluding hydrogens is 512 g/mol. The van der Waals surface area contributed by atoms with Gasteiger partial charge in [-0.1, -0.05) is 18.5 Å². The lowest BCUT2D eigenvalue weighted by molar-refractivity contribution is -0.142. The Morgan fingerprint density at radius 3 is 2.74 bits per heavy atom. The summed E-state index contributed by atoms with van der Waals surface area (Å²) in [5, 5.41) is 25.8. The zero-order valence-electron chi connectivity index (χ0n) is 21.1. The van der Waals surface area contributed by atoms with Crippen LogP contribution in [-0.2, 0) is 16.6 Å². The number of amides is 1. The molecule has 38 heavy (non-hydrogen) atoms. The average molecular weight is 539 g/mol. The van der Waals surface area contributed by atoms with Crippen LogP contribution in [0.2, 0.25) is 5.02 Å². The number of halogens is 1. The zero-order valence-corrected chi connectivity index (χ0v) is 21.9. The lowest BCUT2D eigenvalue weighted by atomic mass is 9.90. The first kappa shape index (κ1) is 26.8. The standard InChI is InChI=1S/C26H27ClN6O5/c1-14-6-17(26(36)37)12-33(11-14)24-16(10-28)8-19(27)23(31-24)30-18-4-5-20-15(7-18)9-21(25(35)32(20)3)38-13-22(34)29-2/h4-5,7-9,14,17H,6,11-13H2,1-3H3,(H,29,34)(H,30,31)(H,36,37). The summed E-state index contributed by atoms with van der Waals surface area (Å²) in [6, 6.07) is 10.5. The molecule has 2 aromatic heterocycles. The van der Waals surface area contributed by atoms with Crippen LogP contribution in [0.4, 0.5) is 17.3 Å². The van der Waals surface area contributed by atoms with E-state index < -0.39 is 11.9 Å². The number of nitrogens with zero attached hydrogens (tertiary/aromatic N) is 4. The van der Waals surface area contributed by atoms with E-state index in [9.17, 15) is 24.8 Å². The summed E-state index contributed by atoms with van der Waals surface area (Å²) in [6.45, 7) is 2.49. The zero-order chi connectivity index (χ0) is 27.6. The third kappa shape index (κ3) is 5.50. The van der Waals surface area contributed by atoms with Crippen molar-refractivity contribution in [3.05, 3.63) is 51.3 Å². The molecular formula is C26H27ClN6O5. The number of anilines is 3. The fraction of sp³-hybridized carbons (Fsp3) is 0.346. The molecule has 11 nitrogen and oxygen atoms in total. The first-order valence-corrected chi connectivity index (χ1v) is 12.3. The number of carboxylic acids is 1. The van der Waals surface area contributed by atoms with Crippen LogP contribution >= 0.6 is 11.6 Å². The van der Waals surface area contributed by atoms with E-state index in [0.717, 1.165) is 0 Å². The van der Waals surface area contributed by atoms with Crippen LogP contribution in [0.3, 0.4) is 0 Å². The van der Waals surface area contributed by atoms with E-state index >= 15 is 0 Å². The van der Waals surface area contributed by atoms with Crippen LogP contribution in [-0.4, -0.2) is 53.3 Å². The van der Waals surface area contributed by atoms with Crippen molar-refractivity contribution in [2.75, 3.05) is 37.0 Å². The van der Waals surface area contributed by atoms with E-state index in [-0.39, 0.29) is 46.9 Å². The van der Waals surface area contributed by atoms with E-state index in [1.807, 2.05) is 11.8 Å². The van der Waals surface area contributed by atoms with Gasteiger partial charge in [0.15, 0.2) is 18.2 Å². The minimum absolute atomic E-state index is 0.0322. The van der Waals surface area contributed by atoms with Gasteiger partial charge in [-0.2, -0.15) is 5.26 Å². The van der Waals surface area contributed by atoms with Gasteiger partial charge >= 0.3 is 5.97 Å². The van der Waals surface area contributed by atoms with Crippen LogP contribution in [0, 0.1) is 23.2 Å². The van der Waals surface area contributed by atoms with Gasteiger partial charge in [0.2, 0.25) is 0 Å². The number of aliphatic carboxylic acids is 1. The number of hydrogen-bond acceptors (Lipinski definition) is 8. The Balaban J connectivity index is 1.68. The Bertz CT molecular complexity index is 1510. The number of aryl methyl sites for hydroxylation is 1. The number of ether oxygens (including phenoxy) is 1. The van der Waals surface area contributed by atoms with E-state index in [1.54, 1.807) is 31.3 Å². The minimum Gasteiger partial charge on any atom is -0.481 e. The molecule has 1 saturated heterocycles. The number of carbonyl (C=O) groups excluding carboxylic acids is 1. The second-order valence-corrected chi connectivity index (χ2v) is 9.72. The lowest BCUT2D eigenvalue weighted by Gasteiger charge is -2.36. The van der Waals surface area contributed by atoms with Crippen molar-refractivity contribution in [1.29, 1.82) is 5.26 Å². The molecule has 0 bridgehead atoms. The summed E-state index contributed by atoms with van der Waals surface area (Å²) in [6.07, 6.45) is 0.556. The molecule has 198 valence electrons. The number of aromatic nitrogens is 2. The lowest BCUT2D eigenvalue weighted by Crippen LogP contribution is -2.43. The van der Waals surface area contributed by atoms with E-state index in [4.69, 9.17) is 16.3 Å². The van der Waals surface area contributed by atoms with Crippen molar-refractivity contribution >= 4 is 51.7 Å². The number of nitriles is 1. The maximum Gasteiger partial charge on any atom is 0.308 e. The number of carbonyl (C=O) groups is 2. The molecule has 2 unspecified atom stereocenters. The predicted molar refractivity (Wildman–Crippen MR) is 143 cm³/mol. The summed E-state index contributed by atoms with van der Waals surface area (Å²) in [5.41, 5.74) is 1.13. The maximum atomic E-state index is 12.6. The monoisotopic (exact) mass is 538 g/mol. The highest BCUT2D eigenvalue weighted by Gasteiger charge is 2.31. The highest BCUT2D eigenvalue weighted by molar-refractivity contribution is 6.33. The molecule has 3 N–H and O–H groups in total. The summed E-state index contributed by atoms with van der Waals surface area (Å²) < 4.78 is 6.85. The maximum absolute atomic E-state index is 12.6. The number of nitrogens with one attached hydrogen (secondary N) is 2. The Kier molecular flexibility index (Phi) is 7.73. The smallest absolute Gasteiger partial charge is 0.308 e. The van der Waals surface area contributed by atoms with Gasteiger partial charge in [0.1, 0.15) is 11.9 Å². The normalized spacial score (nSPS) is 17.1. The van der Waals surface area contributed by atoms with Gasteiger partial charge in [0.05, 0.1) is 22.0 Å². The number of rotatable bonds is 7. The highest BCUT2D eigenvalue weighted by Crippen LogP contribution is 2.34. The van der Waals surface area contributed by atoms with Gasteiger partial charge in [-0.05, 0) is 42.7 Å². The number of hydrogen-bond donors (Lipinski definition) is 3. The second-order valence-electron chi connectivity index (χ2n) is 9.32. The number of pyridine rings is 2. The number of piperidine rings is 1. The first-order chi connectivity index (χ1) is 18.1. The van der Waals surface area contributed by atoms with Crippen molar-refractivity contribution in [2.24, 2.45) is 18.9 Å². The van der Waals surface area contributed by atoms with E-state index in [2.05, 4.69) is 21.7 Å². The van der Waals surface area contributed by atoms with Crippen molar-refractivity contribution in [1.82, 2.24) is 14.9 Å². The van der Waals surface area contributed by atoms with Crippen LogP contribution < -0.4 is 25.8 Å². The molecule has 1 fully saturated rings. The molecule has 1 aromatic carbocycles. The predicted octanol–water partition coefficient (Wildman–Crippen LogP) is 2.87.